The summed E-state index contributed by atoms with van der Waals surface area (Å²) in [6.45, 7) is 2.70. The van der Waals surface area contributed by atoms with E-state index in [-0.39, 0.29) is 18.6 Å². The second-order valence-electron chi connectivity index (χ2n) is 6.12. The Kier molecular flexibility index (Phi) is 5.82. The zero-order valence-corrected chi connectivity index (χ0v) is 15.0. The van der Waals surface area contributed by atoms with Crippen molar-refractivity contribution in [2.24, 2.45) is 0 Å². The first-order valence-electron chi connectivity index (χ1n) is 8.59. The standard InChI is InChI=1S/C20H22ClNO3/c1-2-3-14-4-7-16(8-5-14)25-13-20(23)22-18-10-11-24-19-9-6-15(21)12-17(18)19/h4-9,12,18H,2-3,10-11,13H2,1H3,(H,22,23). The number of halogens is 1. The lowest BCUT2D eigenvalue weighted by Crippen LogP contribution is -2.35. The molecule has 1 aliphatic rings. The predicted octanol–water partition coefficient (Wildman–Crippen LogP) is 4.31. The van der Waals surface area contributed by atoms with Gasteiger partial charge in [-0.05, 0) is 42.3 Å². The van der Waals surface area contributed by atoms with Gasteiger partial charge in [-0.25, -0.2) is 0 Å². The van der Waals surface area contributed by atoms with E-state index in [9.17, 15) is 4.79 Å². The first-order valence-corrected chi connectivity index (χ1v) is 8.97. The van der Waals surface area contributed by atoms with Crippen LogP contribution in [0.3, 0.4) is 0 Å². The Bertz CT molecular complexity index is 730. The molecule has 1 N–H and O–H groups in total. The van der Waals surface area contributed by atoms with Crippen molar-refractivity contribution in [2.45, 2.75) is 32.2 Å². The summed E-state index contributed by atoms with van der Waals surface area (Å²) in [6.07, 6.45) is 2.87. The van der Waals surface area contributed by atoms with E-state index >= 15 is 0 Å². The lowest BCUT2D eigenvalue weighted by atomic mass is 10.0. The molecule has 1 aliphatic heterocycles. The number of rotatable bonds is 6. The van der Waals surface area contributed by atoms with Crippen LogP contribution in [0.1, 0.15) is 36.9 Å². The first-order chi connectivity index (χ1) is 12.2. The number of nitrogens with one attached hydrogen (secondary N) is 1. The fourth-order valence-electron chi connectivity index (χ4n) is 2.94. The Morgan fingerprint density at radius 3 is 2.84 bits per heavy atom. The molecule has 2 aromatic carbocycles. The number of benzene rings is 2. The third kappa shape index (κ3) is 4.67. The average Bonchev–Trinajstić information content (AvgIpc) is 2.62. The van der Waals surface area contributed by atoms with Crippen molar-refractivity contribution in [1.29, 1.82) is 0 Å². The van der Waals surface area contributed by atoms with Gasteiger partial charge in [-0.15, -0.1) is 0 Å². The molecule has 3 rings (SSSR count). The van der Waals surface area contributed by atoms with E-state index in [1.807, 2.05) is 36.4 Å². The van der Waals surface area contributed by atoms with Gasteiger partial charge in [0.2, 0.25) is 0 Å². The van der Waals surface area contributed by atoms with Gasteiger partial charge in [-0.3, -0.25) is 4.79 Å². The van der Waals surface area contributed by atoms with E-state index in [0.717, 1.165) is 24.2 Å². The smallest absolute Gasteiger partial charge is 0.258 e. The van der Waals surface area contributed by atoms with Crippen LogP contribution in [0.2, 0.25) is 5.02 Å². The first kappa shape index (κ1) is 17.6. The Morgan fingerprint density at radius 2 is 2.08 bits per heavy atom. The molecule has 0 saturated heterocycles. The third-order valence-corrected chi connectivity index (χ3v) is 4.41. The van der Waals surface area contributed by atoms with Gasteiger partial charge in [0, 0.05) is 17.0 Å². The number of hydrogen-bond acceptors (Lipinski definition) is 3. The van der Waals surface area contributed by atoms with Crippen molar-refractivity contribution in [3.63, 3.8) is 0 Å². The highest BCUT2D eigenvalue weighted by atomic mass is 35.5. The lowest BCUT2D eigenvalue weighted by molar-refractivity contribution is -0.124. The maximum absolute atomic E-state index is 12.2. The number of carbonyl (C=O) groups excluding carboxylic acids is 1. The number of hydrogen-bond donors (Lipinski definition) is 1. The number of aryl methyl sites for hydroxylation is 1. The van der Waals surface area contributed by atoms with Crippen LogP contribution in [0.25, 0.3) is 0 Å². The van der Waals surface area contributed by atoms with Crippen LogP contribution in [-0.4, -0.2) is 19.1 Å². The van der Waals surface area contributed by atoms with Crippen molar-refractivity contribution >= 4 is 17.5 Å². The van der Waals surface area contributed by atoms with Crippen molar-refractivity contribution in [3.05, 3.63) is 58.6 Å². The molecule has 0 bridgehead atoms. The van der Waals surface area contributed by atoms with Gasteiger partial charge < -0.3 is 14.8 Å². The minimum atomic E-state index is -0.157. The maximum Gasteiger partial charge on any atom is 0.258 e. The largest absolute Gasteiger partial charge is 0.493 e. The molecule has 25 heavy (non-hydrogen) atoms. The van der Waals surface area contributed by atoms with Crippen LogP contribution in [0, 0.1) is 0 Å². The third-order valence-electron chi connectivity index (χ3n) is 4.18. The van der Waals surface area contributed by atoms with Crippen LogP contribution in [-0.2, 0) is 11.2 Å². The van der Waals surface area contributed by atoms with Gasteiger partial charge in [-0.1, -0.05) is 37.1 Å². The monoisotopic (exact) mass is 359 g/mol. The molecule has 0 fully saturated rings. The number of carbonyl (C=O) groups is 1. The molecular weight excluding hydrogens is 338 g/mol. The molecule has 1 atom stereocenters. The molecule has 1 heterocycles. The highest BCUT2D eigenvalue weighted by Gasteiger charge is 2.23. The Morgan fingerprint density at radius 1 is 1.28 bits per heavy atom. The van der Waals surface area contributed by atoms with Crippen LogP contribution >= 0.6 is 11.6 Å². The number of fused-ring (bicyclic) bond motifs is 1. The van der Waals surface area contributed by atoms with Gasteiger partial charge in [0.1, 0.15) is 11.5 Å². The zero-order chi connectivity index (χ0) is 17.6. The average molecular weight is 360 g/mol. The van der Waals surface area contributed by atoms with Gasteiger partial charge in [0.15, 0.2) is 6.61 Å². The van der Waals surface area contributed by atoms with Crippen LogP contribution in [0.5, 0.6) is 11.5 Å². The van der Waals surface area contributed by atoms with Gasteiger partial charge in [0.05, 0.1) is 12.6 Å². The minimum absolute atomic E-state index is 0.0135. The van der Waals surface area contributed by atoms with Crippen molar-refractivity contribution in [1.82, 2.24) is 5.32 Å². The second-order valence-corrected chi connectivity index (χ2v) is 6.56. The molecule has 1 amide bonds. The van der Waals surface area contributed by atoms with E-state index < -0.39 is 0 Å². The molecule has 0 spiro atoms. The number of ether oxygens (including phenoxy) is 2. The van der Waals surface area contributed by atoms with E-state index in [1.54, 1.807) is 6.07 Å². The molecule has 2 aromatic rings. The molecule has 5 heteroatoms. The summed E-state index contributed by atoms with van der Waals surface area (Å²) >= 11 is 6.06. The van der Waals surface area contributed by atoms with Crippen molar-refractivity contribution < 1.29 is 14.3 Å². The quantitative estimate of drug-likeness (QED) is 0.836. The molecule has 0 aromatic heterocycles. The number of amides is 1. The van der Waals surface area contributed by atoms with Crippen LogP contribution < -0.4 is 14.8 Å². The van der Waals surface area contributed by atoms with E-state index in [1.165, 1.54) is 5.56 Å². The molecule has 1 unspecified atom stereocenters. The van der Waals surface area contributed by atoms with E-state index in [4.69, 9.17) is 21.1 Å². The summed E-state index contributed by atoms with van der Waals surface area (Å²) in [5.41, 5.74) is 2.19. The fourth-order valence-corrected chi connectivity index (χ4v) is 3.12. The summed E-state index contributed by atoms with van der Waals surface area (Å²) in [4.78, 5) is 12.2. The minimum Gasteiger partial charge on any atom is -0.493 e. The topological polar surface area (TPSA) is 47.6 Å². The van der Waals surface area contributed by atoms with Crippen molar-refractivity contribution in [3.8, 4) is 11.5 Å². The molecule has 132 valence electrons. The van der Waals surface area contributed by atoms with Gasteiger partial charge >= 0.3 is 0 Å². The molecule has 4 nitrogen and oxygen atoms in total. The Hall–Kier alpha value is -2.20. The summed E-state index contributed by atoms with van der Waals surface area (Å²) in [7, 11) is 0. The highest BCUT2D eigenvalue weighted by molar-refractivity contribution is 6.30. The summed E-state index contributed by atoms with van der Waals surface area (Å²) < 4.78 is 11.2. The summed E-state index contributed by atoms with van der Waals surface area (Å²) in [5, 5.41) is 3.63. The lowest BCUT2D eigenvalue weighted by Gasteiger charge is -2.26. The fraction of sp³-hybridized carbons (Fsp3) is 0.350. The molecule has 0 saturated carbocycles. The Balaban J connectivity index is 1.56. The normalized spacial score (nSPS) is 15.8. The second kappa shape index (κ2) is 8.26. The van der Waals surface area contributed by atoms with E-state index in [0.29, 0.717) is 23.8 Å². The zero-order valence-electron chi connectivity index (χ0n) is 14.3. The molecule has 0 radical (unpaired) electrons. The van der Waals surface area contributed by atoms with Crippen LogP contribution in [0.4, 0.5) is 0 Å². The summed E-state index contributed by atoms with van der Waals surface area (Å²) in [5.74, 6) is 1.31. The predicted molar refractivity (Wildman–Crippen MR) is 98.4 cm³/mol. The Labute approximate surface area is 153 Å². The highest BCUT2D eigenvalue weighted by Crippen LogP contribution is 2.33. The maximum atomic E-state index is 12.2. The SMILES string of the molecule is CCCc1ccc(OCC(=O)NC2CCOc3ccc(Cl)cc32)cc1. The van der Waals surface area contributed by atoms with Crippen molar-refractivity contribution in [2.75, 3.05) is 13.2 Å². The molecule has 0 aliphatic carbocycles. The molecular formula is C20H22ClNO3. The van der Waals surface area contributed by atoms with Gasteiger partial charge in [0.25, 0.3) is 5.91 Å². The van der Waals surface area contributed by atoms with Crippen LogP contribution in [0.15, 0.2) is 42.5 Å². The van der Waals surface area contributed by atoms with Gasteiger partial charge in [-0.2, -0.15) is 0 Å². The summed E-state index contributed by atoms with van der Waals surface area (Å²) in [6, 6.07) is 13.2. The van der Waals surface area contributed by atoms with E-state index in [2.05, 4.69) is 12.2 Å².